The number of ketones is 1. The van der Waals surface area contributed by atoms with E-state index >= 15 is 4.79 Å². The molecule has 3 aromatic rings. The second-order valence-electron chi connectivity index (χ2n) is 13.9. The molecule has 2 aromatic heterocycles. The van der Waals surface area contributed by atoms with Crippen LogP contribution in [-0.2, 0) is 4.79 Å². The van der Waals surface area contributed by atoms with Crippen LogP contribution in [0.25, 0.3) is 27.4 Å². The second kappa shape index (κ2) is 10.6. The number of piperidine rings is 1. The quantitative estimate of drug-likeness (QED) is 0.308. The number of H-pyrrole nitrogens is 1. The number of benzene rings is 1. The van der Waals surface area contributed by atoms with Gasteiger partial charge in [0.1, 0.15) is 11.4 Å². The van der Waals surface area contributed by atoms with Gasteiger partial charge < -0.3 is 20.1 Å². The highest BCUT2D eigenvalue weighted by Crippen LogP contribution is 2.60. The summed E-state index contributed by atoms with van der Waals surface area (Å²) in [6.07, 6.45) is 19.6. The highest BCUT2D eigenvalue weighted by Gasteiger charge is 2.70. The van der Waals surface area contributed by atoms with Crippen LogP contribution in [0.3, 0.4) is 0 Å². The van der Waals surface area contributed by atoms with Gasteiger partial charge in [0.15, 0.2) is 5.78 Å². The molecule has 0 amide bonds. The molecule has 6 atom stereocenters. The van der Waals surface area contributed by atoms with Crippen LogP contribution in [0.15, 0.2) is 48.7 Å². The van der Waals surface area contributed by atoms with Gasteiger partial charge in [0.05, 0.1) is 28.7 Å². The molecule has 8 rings (SSSR count). The summed E-state index contributed by atoms with van der Waals surface area (Å²) >= 11 is 0. The molecule has 7 nitrogen and oxygen atoms in total. The molecular formula is C36H44N4O3. The van der Waals surface area contributed by atoms with E-state index in [1.807, 2.05) is 18.3 Å². The summed E-state index contributed by atoms with van der Waals surface area (Å²) in [7, 11) is 0. The van der Waals surface area contributed by atoms with Crippen molar-refractivity contribution in [2.24, 2.45) is 11.3 Å². The van der Waals surface area contributed by atoms with Gasteiger partial charge in [-0.2, -0.15) is 0 Å². The van der Waals surface area contributed by atoms with Crippen molar-refractivity contribution in [1.82, 2.24) is 19.8 Å². The molecule has 3 fully saturated rings. The Labute approximate surface area is 253 Å². The third-order valence-corrected chi connectivity index (χ3v) is 11.5. The van der Waals surface area contributed by atoms with E-state index in [0.29, 0.717) is 12.2 Å². The van der Waals surface area contributed by atoms with Crippen LogP contribution in [0.1, 0.15) is 76.3 Å². The number of phenols is 1. The Morgan fingerprint density at radius 1 is 0.930 bits per heavy atom. The van der Waals surface area contributed by atoms with Gasteiger partial charge in [0.2, 0.25) is 0 Å². The molecule has 1 spiro atoms. The van der Waals surface area contributed by atoms with Gasteiger partial charge in [-0.25, -0.2) is 0 Å². The number of carbonyl (C=O) groups excluding carboxylic acids is 1. The van der Waals surface area contributed by atoms with Gasteiger partial charge in [-0.1, -0.05) is 31.4 Å². The largest absolute Gasteiger partial charge is 0.508 e. The fourth-order valence-electron chi connectivity index (χ4n) is 9.72. The molecule has 3 saturated heterocycles. The van der Waals surface area contributed by atoms with Gasteiger partial charge in [0.25, 0.3) is 0 Å². The van der Waals surface area contributed by atoms with Crippen molar-refractivity contribution in [2.45, 2.75) is 88.3 Å². The van der Waals surface area contributed by atoms with Gasteiger partial charge in [0, 0.05) is 34.9 Å². The van der Waals surface area contributed by atoms with E-state index in [2.05, 4.69) is 33.0 Å². The summed E-state index contributed by atoms with van der Waals surface area (Å²) in [6.45, 7) is 3.57. The number of aromatic nitrogens is 2. The van der Waals surface area contributed by atoms with Gasteiger partial charge in [-0.05, 0) is 107 Å². The highest BCUT2D eigenvalue weighted by molar-refractivity contribution is 6.10. The van der Waals surface area contributed by atoms with Crippen molar-refractivity contribution in [3.63, 3.8) is 0 Å². The monoisotopic (exact) mass is 580 g/mol. The number of pyridine rings is 1. The summed E-state index contributed by atoms with van der Waals surface area (Å²) in [5.74, 6) is 0.600. The fourth-order valence-corrected chi connectivity index (χ4v) is 9.72. The lowest BCUT2D eigenvalue weighted by Crippen LogP contribution is -2.67. The van der Waals surface area contributed by atoms with E-state index in [9.17, 15) is 10.2 Å². The number of aromatic amines is 1. The molecule has 1 aromatic carbocycles. The minimum atomic E-state index is -1.15. The smallest absolute Gasteiger partial charge is 0.159 e. The van der Waals surface area contributed by atoms with Crippen LogP contribution in [0.5, 0.6) is 5.75 Å². The average Bonchev–Trinajstić information content (AvgIpc) is 3.46. The molecule has 0 saturated carbocycles. The molecule has 5 aliphatic rings. The van der Waals surface area contributed by atoms with Crippen molar-refractivity contribution >= 4 is 33.2 Å². The molecule has 6 heterocycles. The summed E-state index contributed by atoms with van der Waals surface area (Å²) in [5, 5.41) is 25.3. The number of allylic oxidation sites excluding steroid dienone is 3. The van der Waals surface area contributed by atoms with E-state index in [0.717, 1.165) is 111 Å². The van der Waals surface area contributed by atoms with Crippen LogP contribution in [0.4, 0.5) is 0 Å². The van der Waals surface area contributed by atoms with Crippen LogP contribution in [0.2, 0.25) is 0 Å². The summed E-state index contributed by atoms with van der Waals surface area (Å²) in [5.41, 5.74) is 1.92. The first kappa shape index (κ1) is 27.5. The number of hydrogen-bond donors (Lipinski definition) is 3. The van der Waals surface area contributed by atoms with Crippen molar-refractivity contribution < 1.29 is 15.0 Å². The number of aromatic hydroxyl groups is 1. The Kier molecular flexibility index (Phi) is 6.77. The van der Waals surface area contributed by atoms with Gasteiger partial charge >= 0.3 is 0 Å². The Hall–Kier alpha value is -3.00. The Morgan fingerprint density at radius 3 is 2.72 bits per heavy atom. The Morgan fingerprint density at radius 2 is 1.79 bits per heavy atom. The maximum absolute atomic E-state index is 15.1. The number of rotatable bonds is 1. The number of nitrogens with zero attached hydrogens (tertiary/aromatic N) is 3. The Bertz CT molecular complexity index is 1630. The fraction of sp³-hybridized carbons (Fsp3) is 0.556. The highest BCUT2D eigenvalue weighted by atomic mass is 16.3. The third kappa shape index (κ3) is 4.26. The first-order valence-electron chi connectivity index (χ1n) is 16.7. The molecule has 43 heavy (non-hydrogen) atoms. The van der Waals surface area contributed by atoms with Crippen LogP contribution >= 0.6 is 0 Å². The summed E-state index contributed by atoms with van der Waals surface area (Å²) in [6, 6.07) is 7.08. The summed E-state index contributed by atoms with van der Waals surface area (Å²) < 4.78 is 0. The van der Waals surface area contributed by atoms with E-state index in [4.69, 9.17) is 4.98 Å². The number of phenolic OH excluding ortho intramolecular Hbond substituents is 1. The van der Waals surface area contributed by atoms with Crippen LogP contribution in [0, 0.1) is 11.3 Å². The lowest BCUT2D eigenvalue weighted by Gasteiger charge is -2.57. The van der Waals surface area contributed by atoms with Crippen molar-refractivity contribution in [3.8, 4) is 5.75 Å². The minimum absolute atomic E-state index is 0.00615. The normalized spacial score (nSPS) is 36.1. The predicted octanol–water partition coefficient (Wildman–Crippen LogP) is 5.96. The number of aliphatic hydroxyl groups is 1. The molecule has 3 bridgehead atoms. The van der Waals surface area contributed by atoms with E-state index in [1.165, 1.54) is 12.8 Å². The summed E-state index contributed by atoms with van der Waals surface area (Å²) in [4.78, 5) is 28.8. The predicted molar refractivity (Wildman–Crippen MR) is 170 cm³/mol. The third-order valence-electron chi connectivity index (χ3n) is 11.5. The van der Waals surface area contributed by atoms with Crippen molar-refractivity contribution in [1.29, 1.82) is 0 Å². The number of fused-ring (bicyclic) bond motifs is 5. The number of hydrogen-bond acceptors (Lipinski definition) is 6. The lowest BCUT2D eigenvalue weighted by molar-refractivity contribution is -0.139. The molecule has 1 unspecified atom stereocenters. The van der Waals surface area contributed by atoms with E-state index in [1.54, 1.807) is 12.1 Å². The molecule has 7 heteroatoms. The zero-order chi connectivity index (χ0) is 29.2. The molecule has 226 valence electrons. The molecule has 4 aliphatic heterocycles. The Balaban J connectivity index is 1.36. The first-order chi connectivity index (χ1) is 21.0. The molecule has 3 N–H and O–H groups in total. The van der Waals surface area contributed by atoms with Crippen molar-refractivity contribution in [3.05, 3.63) is 54.4 Å². The van der Waals surface area contributed by atoms with Gasteiger partial charge in [-0.3, -0.25) is 14.7 Å². The van der Waals surface area contributed by atoms with E-state index in [-0.39, 0.29) is 23.8 Å². The number of Topliss-reactive ketones (excluding diaryl/α,β-unsaturated/α-hetero) is 1. The van der Waals surface area contributed by atoms with Crippen LogP contribution < -0.4 is 0 Å². The number of nitrogens with one attached hydrogen (secondary N) is 1. The zero-order valence-corrected chi connectivity index (χ0v) is 25.1. The SMILES string of the molecule is O=C1[C@@H]2CCCCCCN2[C@@H]2[C@]13CN1CCCC/C=C\CC[C@]2(O)C=C(c2nccc4c2[nH]c2ccc(O)cc24)[C@H]3CC1. The minimum Gasteiger partial charge on any atom is -0.508 e. The van der Waals surface area contributed by atoms with Gasteiger partial charge in [-0.15, -0.1) is 0 Å². The first-order valence-corrected chi connectivity index (χ1v) is 16.7. The number of carbonyl (C=O) groups is 1. The van der Waals surface area contributed by atoms with Crippen LogP contribution in [-0.4, -0.2) is 79.6 Å². The van der Waals surface area contributed by atoms with Crippen molar-refractivity contribution in [2.75, 3.05) is 26.2 Å². The maximum atomic E-state index is 15.1. The lowest BCUT2D eigenvalue weighted by atomic mass is 9.54. The second-order valence-corrected chi connectivity index (χ2v) is 13.9. The maximum Gasteiger partial charge on any atom is 0.159 e. The molecule has 1 aliphatic carbocycles. The zero-order valence-electron chi connectivity index (χ0n) is 25.1. The standard InChI is InChI=1S/C36H44N4O3/c41-24-12-13-29-26(21-24)25-14-17-37-31(32(25)38-29)27-22-35(43)16-8-4-1-2-5-9-18-39-20-15-28(27)36(23-39)33(42)30-11-7-3-6-10-19-40(30)34(35)36/h1,4,12-14,17,21-22,28,30,34,38,41,43H,2-3,5-11,15-16,18-20,23H2/b4-1-/t28-,30+,34+,35+,36+/m1/s1. The molecular weight excluding hydrogens is 536 g/mol. The average molecular weight is 581 g/mol. The van der Waals surface area contributed by atoms with E-state index < -0.39 is 11.0 Å². The molecule has 0 radical (unpaired) electrons. The topological polar surface area (TPSA) is 92.7 Å².